The molecule has 0 spiro atoms. The van der Waals surface area contributed by atoms with Gasteiger partial charge in [-0.15, -0.1) is 0 Å². The first-order valence-electron chi connectivity index (χ1n) is 6.68. The van der Waals surface area contributed by atoms with Crippen molar-refractivity contribution < 1.29 is 0 Å². The Hall–Kier alpha value is -1.60. The second-order valence-electron chi connectivity index (χ2n) is 4.70. The van der Waals surface area contributed by atoms with Crippen LogP contribution < -0.4 is 10.2 Å². The van der Waals surface area contributed by atoms with Crippen molar-refractivity contribution in [2.24, 2.45) is 0 Å². The molecule has 0 amide bonds. The Labute approximate surface area is 109 Å². The average molecular weight is 244 g/mol. The lowest BCUT2D eigenvalue weighted by Gasteiger charge is -2.36. The zero-order valence-electron chi connectivity index (χ0n) is 10.9. The summed E-state index contributed by atoms with van der Waals surface area (Å²) < 4.78 is 0. The Morgan fingerprint density at radius 2 is 2.50 bits per heavy atom. The van der Waals surface area contributed by atoms with E-state index in [0.29, 0.717) is 6.04 Å². The molecular weight excluding hydrogens is 224 g/mol. The summed E-state index contributed by atoms with van der Waals surface area (Å²) in [6.45, 7) is 5.26. The van der Waals surface area contributed by atoms with Crippen LogP contribution in [0.2, 0.25) is 0 Å². The highest BCUT2D eigenvalue weighted by atomic mass is 15.2. The van der Waals surface area contributed by atoms with Crippen LogP contribution in [0.3, 0.4) is 0 Å². The Balaban J connectivity index is 2.25. The molecule has 1 fully saturated rings. The van der Waals surface area contributed by atoms with E-state index in [1.807, 2.05) is 6.20 Å². The first kappa shape index (κ1) is 12.8. The highest BCUT2D eigenvalue weighted by Crippen LogP contribution is 2.23. The lowest BCUT2D eigenvalue weighted by atomic mass is 10.0. The van der Waals surface area contributed by atoms with Gasteiger partial charge < -0.3 is 10.2 Å². The van der Waals surface area contributed by atoms with Gasteiger partial charge >= 0.3 is 0 Å². The molecule has 1 aliphatic heterocycles. The second kappa shape index (κ2) is 6.36. The Kier molecular flexibility index (Phi) is 4.54. The first-order chi connectivity index (χ1) is 8.86. The minimum atomic E-state index is 0.481. The summed E-state index contributed by atoms with van der Waals surface area (Å²) in [5.74, 6) is 0. The minimum Gasteiger partial charge on any atom is -0.365 e. The summed E-state index contributed by atoms with van der Waals surface area (Å²) in [5.41, 5.74) is 1.71. The van der Waals surface area contributed by atoms with Crippen LogP contribution in [0.25, 0.3) is 0 Å². The quantitative estimate of drug-likeness (QED) is 0.879. The maximum absolute atomic E-state index is 9.21. The van der Waals surface area contributed by atoms with Crippen molar-refractivity contribution >= 4 is 5.69 Å². The third-order valence-electron chi connectivity index (χ3n) is 3.41. The summed E-state index contributed by atoms with van der Waals surface area (Å²) in [6, 6.07) is 4.55. The molecule has 0 bridgehead atoms. The Morgan fingerprint density at radius 1 is 1.61 bits per heavy atom. The van der Waals surface area contributed by atoms with Gasteiger partial charge in [0.05, 0.1) is 17.4 Å². The molecule has 18 heavy (non-hydrogen) atoms. The van der Waals surface area contributed by atoms with Crippen molar-refractivity contribution in [1.82, 2.24) is 10.3 Å². The van der Waals surface area contributed by atoms with E-state index in [0.717, 1.165) is 37.3 Å². The highest BCUT2D eigenvalue weighted by Gasteiger charge is 2.22. The SMILES string of the molecule is CCCN(c1cnccc1C#N)C1CCCNC1. The third kappa shape index (κ3) is 2.80. The number of piperidine rings is 1. The zero-order valence-corrected chi connectivity index (χ0v) is 10.9. The molecule has 1 saturated heterocycles. The second-order valence-corrected chi connectivity index (χ2v) is 4.70. The molecule has 0 aromatic carbocycles. The fourth-order valence-electron chi connectivity index (χ4n) is 2.55. The normalized spacial score (nSPS) is 19.2. The molecule has 0 saturated carbocycles. The zero-order chi connectivity index (χ0) is 12.8. The van der Waals surface area contributed by atoms with Gasteiger partial charge in [0, 0.05) is 25.3 Å². The summed E-state index contributed by atoms with van der Waals surface area (Å²) in [6.07, 6.45) is 6.98. The van der Waals surface area contributed by atoms with Gasteiger partial charge in [-0.25, -0.2) is 0 Å². The molecule has 2 heterocycles. The highest BCUT2D eigenvalue weighted by molar-refractivity contribution is 5.58. The van der Waals surface area contributed by atoms with Crippen molar-refractivity contribution in [3.8, 4) is 6.07 Å². The molecule has 1 aromatic heterocycles. The number of hydrogen-bond donors (Lipinski definition) is 1. The molecule has 1 unspecified atom stereocenters. The smallest absolute Gasteiger partial charge is 0.101 e. The van der Waals surface area contributed by atoms with E-state index in [1.54, 1.807) is 12.3 Å². The van der Waals surface area contributed by atoms with Gasteiger partial charge in [-0.05, 0) is 31.9 Å². The van der Waals surface area contributed by atoms with Crippen LogP contribution in [0, 0.1) is 11.3 Å². The van der Waals surface area contributed by atoms with Gasteiger partial charge in [-0.2, -0.15) is 5.26 Å². The molecule has 2 rings (SSSR count). The molecule has 0 aliphatic carbocycles. The third-order valence-corrected chi connectivity index (χ3v) is 3.41. The lowest BCUT2D eigenvalue weighted by Crippen LogP contribution is -2.46. The monoisotopic (exact) mass is 244 g/mol. The van der Waals surface area contributed by atoms with Crippen molar-refractivity contribution in [2.45, 2.75) is 32.2 Å². The van der Waals surface area contributed by atoms with E-state index in [-0.39, 0.29) is 0 Å². The largest absolute Gasteiger partial charge is 0.365 e. The lowest BCUT2D eigenvalue weighted by molar-refractivity contribution is 0.430. The first-order valence-corrected chi connectivity index (χ1v) is 6.68. The van der Waals surface area contributed by atoms with Crippen molar-refractivity contribution in [3.05, 3.63) is 24.0 Å². The number of nitrogens with one attached hydrogen (secondary N) is 1. The molecule has 4 nitrogen and oxygen atoms in total. The van der Waals surface area contributed by atoms with E-state index in [2.05, 4.69) is 28.2 Å². The van der Waals surface area contributed by atoms with Crippen LogP contribution >= 0.6 is 0 Å². The van der Waals surface area contributed by atoms with Gasteiger partial charge in [-0.1, -0.05) is 6.92 Å². The van der Waals surface area contributed by atoms with Gasteiger partial charge in [0.2, 0.25) is 0 Å². The molecule has 1 N–H and O–H groups in total. The molecule has 0 radical (unpaired) electrons. The number of pyridine rings is 1. The number of rotatable bonds is 4. The number of hydrogen-bond acceptors (Lipinski definition) is 4. The topological polar surface area (TPSA) is 52.0 Å². The van der Waals surface area contributed by atoms with E-state index in [4.69, 9.17) is 0 Å². The van der Waals surface area contributed by atoms with Gasteiger partial charge in [0.1, 0.15) is 6.07 Å². The van der Waals surface area contributed by atoms with Gasteiger partial charge in [0.15, 0.2) is 0 Å². The van der Waals surface area contributed by atoms with E-state index >= 15 is 0 Å². The van der Waals surface area contributed by atoms with E-state index < -0.39 is 0 Å². The Morgan fingerprint density at radius 3 is 3.17 bits per heavy atom. The number of aromatic nitrogens is 1. The molecule has 4 heteroatoms. The van der Waals surface area contributed by atoms with Crippen LogP contribution in [0.1, 0.15) is 31.7 Å². The van der Waals surface area contributed by atoms with Gasteiger partial charge in [-0.3, -0.25) is 4.98 Å². The molecule has 1 aromatic rings. The summed E-state index contributed by atoms with van der Waals surface area (Å²) >= 11 is 0. The van der Waals surface area contributed by atoms with Crippen molar-refractivity contribution in [1.29, 1.82) is 5.26 Å². The van der Waals surface area contributed by atoms with Crippen LogP contribution in [-0.2, 0) is 0 Å². The van der Waals surface area contributed by atoms with Crippen molar-refractivity contribution in [3.63, 3.8) is 0 Å². The molecular formula is C14H20N4. The maximum Gasteiger partial charge on any atom is 0.101 e. The average Bonchev–Trinajstić information content (AvgIpc) is 2.46. The summed E-state index contributed by atoms with van der Waals surface area (Å²) in [4.78, 5) is 6.52. The van der Waals surface area contributed by atoms with Crippen LogP contribution in [0.15, 0.2) is 18.5 Å². The summed E-state index contributed by atoms with van der Waals surface area (Å²) in [5, 5.41) is 12.6. The van der Waals surface area contributed by atoms with Crippen molar-refractivity contribution in [2.75, 3.05) is 24.5 Å². The number of anilines is 1. The minimum absolute atomic E-state index is 0.481. The predicted molar refractivity (Wildman–Crippen MR) is 72.5 cm³/mol. The fourth-order valence-corrected chi connectivity index (χ4v) is 2.55. The number of nitrogens with zero attached hydrogens (tertiary/aromatic N) is 3. The molecule has 1 aliphatic rings. The van der Waals surface area contributed by atoms with E-state index in [1.165, 1.54) is 12.8 Å². The van der Waals surface area contributed by atoms with E-state index in [9.17, 15) is 5.26 Å². The molecule has 1 atom stereocenters. The van der Waals surface area contributed by atoms with Crippen LogP contribution in [0.5, 0.6) is 0 Å². The molecule has 96 valence electrons. The fraction of sp³-hybridized carbons (Fsp3) is 0.571. The number of nitriles is 1. The van der Waals surface area contributed by atoms with Crippen LogP contribution in [0.4, 0.5) is 5.69 Å². The maximum atomic E-state index is 9.21. The Bertz CT molecular complexity index is 418. The van der Waals surface area contributed by atoms with Crippen LogP contribution in [-0.4, -0.2) is 30.7 Å². The predicted octanol–water partition coefficient (Wildman–Crippen LogP) is 1.92. The standard InChI is InChI=1S/C14H20N4/c1-2-8-18(13-4-3-6-16-10-13)14-11-17-7-5-12(14)9-15/h5,7,11,13,16H,2-4,6,8,10H2,1H3. The summed E-state index contributed by atoms with van der Waals surface area (Å²) in [7, 11) is 0. The van der Waals surface area contributed by atoms with Gasteiger partial charge in [0.25, 0.3) is 0 Å².